The van der Waals surface area contributed by atoms with E-state index in [1.54, 1.807) is 6.07 Å². The standard InChI is InChI=1S/C12H17N3O4/c1-2-19-9-3-6-13-11(14-9)15-12(10(16)17)4-7-18-8-5-12/h3,6H,2,4-5,7-8H2,1H3,(H,16,17)(H,13,14,15). The molecule has 0 amide bonds. The Labute approximate surface area is 111 Å². The molecule has 2 heterocycles. The first-order valence-electron chi connectivity index (χ1n) is 6.21. The SMILES string of the molecule is CCOc1ccnc(NC2(C(=O)O)CCOCC2)n1. The summed E-state index contributed by atoms with van der Waals surface area (Å²) in [5.74, 6) is -0.232. The molecule has 1 aliphatic heterocycles. The normalized spacial score (nSPS) is 17.7. The van der Waals surface area contributed by atoms with Crippen molar-refractivity contribution in [3.63, 3.8) is 0 Å². The van der Waals surface area contributed by atoms with Gasteiger partial charge in [0.1, 0.15) is 5.54 Å². The molecule has 1 saturated heterocycles. The van der Waals surface area contributed by atoms with E-state index in [1.165, 1.54) is 6.20 Å². The minimum absolute atomic E-state index is 0.259. The molecule has 1 fully saturated rings. The maximum atomic E-state index is 11.5. The van der Waals surface area contributed by atoms with E-state index < -0.39 is 11.5 Å². The number of hydrogen-bond donors (Lipinski definition) is 2. The molecule has 1 aromatic rings. The Morgan fingerprint density at radius 3 is 2.95 bits per heavy atom. The van der Waals surface area contributed by atoms with Crippen molar-refractivity contribution in [2.75, 3.05) is 25.1 Å². The zero-order chi connectivity index (χ0) is 13.7. The number of carbonyl (C=O) groups is 1. The highest BCUT2D eigenvalue weighted by Gasteiger charge is 2.40. The molecule has 0 spiro atoms. The van der Waals surface area contributed by atoms with E-state index in [4.69, 9.17) is 9.47 Å². The summed E-state index contributed by atoms with van der Waals surface area (Å²) in [6.45, 7) is 3.16. The molecule has 0 aromatic carbocycles. The maximum Gasteiger partial charge on any atom is 0.329 e. The fraction of sp³-hybridized carbons (Fsp3) is 0.583. The molecule has 2 N–H and O–H groups in total. The molecule has 2 rings (SSSR count). The Morgan fingerprint density at radius 2 is 2.32 bits per heavy atom. The maximum absolute atomic E-state index is 11.5. The van der Waals surface area contributed by atoms with Gasteiger partial charge < -0.3 is 19.9 Å². The smallest absolute Gasteiger partial charge is 0.329 e. The quantitative estimate of drug-likeness (QED) is 0.819. The van der Waals surface area contributed by atoms with Gasteiger partial charge in [0.2, 0.25) is 11.8 Å². The average molecular weight is 267 g/mol. The molecule has 0 unspecified atom stereocenters. The molecule has 0 aliphatic carbocycles. The van der Waals surface area contributed by atoms with Crippen molar-refractivity contribution in [1.29, 1.82) is 0 Å². The van der Waals surface area contributed by atoms with E-state index in [0.29, 0.717) is 38.5 Å². The molecule has 0 bridgehead atoms. The van der Waals surface area contributed by atoms with Gasteiger partial charge in [0.15, 0.2) is 0 Å². The second-order valence-electron chi connectivity index (χ2n) is 4.28. The number of nitrogens with zero attached hydrogens (tertiary/aromatic N) is 2. The minimum atomic E-state index is -1.07. The van der Waals surface area contributed by atoms with Crippen molar-refractivity contribution in [2.24, 2.45) is 0 Å². The molecule has 1 aliphatic rings. The number of carboxylic acid groups (broad SMARTS) is 1. The minimum Gasteiger partial charge on any atom is -0.480 e. The Bertz CT molecular complexity index is 446. The number of nitrogens with one attached hydrogen (secondary N) is 1. The Morgan fingerprint density at radius 1 is 1.58 bits per heavy atom. The lowest BCUT2D eigenvalue weighted by molar-refractivity contribution is -0.145. The summed E-state index contributed by atoms with van der Waals surface area (Å²) in [6, 6.07) is 1.63. The van der Waals surface area contributed by atoms with E-state index in [-0.39, 0.29) is 5.95 Å². The third-order valence-corrected chi connectivity index (χ3v) is 3.03. The fourth-order valence-electron chi connectivity index (χ4n) is 1.96. The summed E-state index contributed by atoms with van der Waals surface area (Å²) < 4.78 is 10.5. The van der Waals surface area contributed by atoms with Crippen LogP contribution in [0.25, 0.3) is 0 Å². The predicted molar refractivity (Wildman–Crippen MR) is 67.2 cm³/mol. The molecule has 104 valence electrons. The lowest BCUT2D eigenvalue weighted by atomic mass is 9.90. The summed E-state index contributed by atoms with van der Waals surface area (Å²) in [5.41, 5.74) is -1.07. The highest BCUT2D eigenvalue weighted by atomic mass is 16.5. The van der Waals surface area contributed by atoms with Gasteiger partial charge in [-0.2, -0.15) is 4.98 Å². The van der Waals surface area contributed by atoms with Crippen molar-refractivity contribution in [2.45, 2.75) is 25.3 Å². The van der Waals surface area contributed by atoms with Crippen LogP contribution in [0.2, 0.25) is 0 Å². The van der Waals surface area contributed by atoms with Gasteiger partial charge in [-0.1, -0.05) is 0 Å². The number of aliphatic carboxylic acids is 1. The first-order valence-corrected chi connectivity index (χ1v) is 6.21. The van der Waals surface area contributed by atoms with Crippen molar-refractivity contribution >= 4 is 11.9 Å². The molecule has 19 heavy (non-hydrogen) atoms. The molecular formula is C12H17N3O4. The lowest BCUT2D eigenvalue weighted by Gasteiger charge is -2.33. The van der Waals surface area contributed by atoms with Crippen LogP contribution in [0.15, 0.2) is 12.3 Å². The van der Waals surface area contributed by atoms with Gasteiger partial charge in [-0.05, 0) is 6.92 Å². The highest BCUT2D eigenvalue weighted by molar-refractivity contribution is 5.82. The molecule has 0 saturated carbocycles. The zero-order valence-corrected chi connectivity index (χ0v) is 10.8. The zero-order valence-electron chi connectivity index (χ0n) is 10.8. The van der Waals surface area contributed by atoms with Crippen LogP contribution in [0.1, 0.15) is 19.8 Å². The van der Waals surface area contributed by atoms with E-state index >= 15 is 0 Å². The summed E-state index contributed by atoms with van der Waals surface area (Å²) in [5, 5.41) is 12.3. The van der Waals surface area contributed by atoms with Crippen LogP contribution < -0.4 is 10.1 Å². The van der Waals surface area contributed by atoms with E-state index in [1.807, 2.05) is 6.92 Å². The summed E-state index contributed by atoms with van der Waals surface area (Å²) in [7, 11) is 0. The van der Waals surface area contributed by atoms with Gasteiger partial charge in [0, 0.05) is 38.3 Å². The van der Waals surface area contributed by atoms with Gasteiger partial charge in [-0.25, -0.2) is 9.78 Å². The summed E-state index contributed by atoms with van der Waals surface area (Å²) in [4.78, 5) is 19.7. The number of rotatable bonds is 5. The van der Waals surface area contributed by atoms with Crippen LogP contribution in [0, 0.1) is 0 Å². The second kappa shape index (κ2) is 5.83. The van der Waals surface area contributed by atoms with Gasteiger partial charge in [0.25, 0.3) is 0 Å². The van der Waals surface area contributed by atoms with Gasteiger partial charge >= 0.3 is 5.97 Å². The molecule has 7 nitrogen and oxygen atoms in total. The van der Waals surface area contributed by atoms with E-state index in [2.05, 4.69) is 15.3 Å². The third kappa shape index (κ3) is 3.11. The monoisotopic (exact) mass is 267 g/mol. The molecule has 1 aromatic heterocycles. The van der Waals surface area contributed by atoms with Crippen molar-refractivity contribution < 1.29 is 19.4 Å². The lowest BCUT2D eigenvalue weighted by Crippen LogP contribution is -2.50. The first-order chi connectivity index (χ1) is 9.16. The van der Waals surface area contributed by atoms with Gasteiger partial charge in [-0.3, -0.25) is 0 Å². The average Bonchev–Trinajstić information content (AvgIpc) is 2.40. The largest absolute Gasteiger partial charge is 0.480 e. The topological polar surface area (TPSA) is 93.6 Å². The highest BCUT2D eigenvalue weighted by Crippen LogP contribution is 2.25. The summed E-state index contributed by atoms with van der Waals surface area (Å²) >= 11 is 0. The number of aromatic nitrogens is 2. The number of ether oxygens (including phenoxy) is 2. The van der Waals surface area contributed by atoms with Crippen molar-refractivity contribution in [3.8, 4) is 5.88 Å². The number of anilines is 1. The van der Waals surface area contributed by atoms with Crippen LogP contribution in [-0.4, -0.2) is 46.4 Å². The Balaban J connectivity index is 2.17. The van der Waals surface area contributed by atoms with Crippen molar-refractivity contribution in [3.05, 3.63) is 12.3 Å². The third-order valence-electron chi connectivity index (χ3n) is 3.03. The van der Waals surface area contributed by atoms with Crippen LogP contribution in [0.5, 0.6) is 5.88 Å². The van der Waals surface area contributed by atoms with E-state index in [9.17, 15) is 9.90 Å². The number of hydrogen-bond acceptors (Lipinski definition) is 6. The fourth-order valence-corrected chi connectivity index (χ4v) is 1.96. The molecular weight excluding hydrogens is 250 g/mol. The van der Waals surface area contributed by atoms with Gasteiger partial charge in [-0.15, -0.1) is 0 Å². The molecule has 7 heteroatoms. The summed E-state index contributed by atoms with van der Waals surface area (Å²) in [6.07, 6.45) is 2.30. The van der Waals surface area contributed by atoms with Crippen LogP contribution >= 0.6 is 0 Å². The van der Waals surface area contributed by atoms with E-state index in [0.717, 1.165) is 0 Å². The van der Waals surface area contributed by atoms with Crippen molar-refractivity contribution in [1.82, 2.24) is 9.97 Å². The van der Waals surface area contributed by atoms with Gasteiger partial charge in [0.05, 0.1) is 6.61 Å². The van der Waals surface area contributed by atoms with Crippen LogP contribution in [0.3, 0.4) is 0 Å². The predicted octanol–water partition coefficient (Wildman–Crippen LogP) is 0.921. The first kappa shape index (κ1) is 13.5. The molecule has 0 atom stereocenters. The Hall–Kier alpha value is -1.89. The Kier molecular flexibility index (Phi) is 4.16. The number of carboxylic acids is 1. The van der Waals surface area contributed by atoms with Crippen LogP contribution in [-0.2, 0) is 9.53 Å². The second-order valence-corrected chi connectivity index (χ2v) is 4.28. The molecule has 0 radical (unpaired) electrons. The van der Waals surface area contributed by atoms with Crippen LogP contribution in [0.4, 0.5) is 5.95 Å².